The third-order valence-corrected chi connectivity index (χ3v) is 3.27. The van der Waals surface area contributed by atoms with Crippen molar-refractivity contribution in [3.63, 3.8) is 0 Å². The lowest BCUT2D eigenvalue weighted by Gasteiger charge is -1.93. The highest BCUT2D eigenvalue weighted by molar-refractivity contribution is 9.11. The summed E-state index contributed by atoms with van der Waals surface area (Å²) in [5.74, 6) is 0. The number of hydrogen-bond acceptors (Lipinski definition) is 2. The largest absolute Gasteiger partial charge is 0.355 e. The third-order valence-electron chi connectivity index (χ3n) is 1.69. The van der Waals surface area contributed by atoms with Crippen molar-refractivity contribution >= 4 is 58.8 Å². The molecule has 1 aromatic carbocycles. The van der Waals surface area contributed by atoms with Crippen molar-refractivity contribution in [1.29, 1.82) is 0 Å². The molecule has 0 saturated carbocycles. The molecule has 1 heterocycles. The summed E-state index contributed by atoms with van der Waals surface area (Å²) in [4.78, 5) is 0. The summed E-state index contributed by atoms with van der Waals surface area (Å²) in [5, 5.41) is 5.67. The van der Waals surface area contributed by atoms with Gasteiger partial charge in [0, 0.05) is 15.2 Å². The Bertz CT molecular complexity index is 452. The molecule has 0 bridgehead atoms. The molecular formula is C8H4Br3NO. The van der Waals surface area contributed by atoms with Gasteiger partial charge < -0.3 is 4.52 Å². The lowest BCUT2D eigenvalue weighted by Crippen LogP contribution is -1.76. The second-order valence-corrected chi connectivity index (χ2v) is 4.86. The van der Waals surface area contributed by atoms with E-state index < -0.39 is 0 Å². The van der Waals surface area contributed by atoms with Crippen LogP contribution in [-0.2, 0) is 5.33 Å². The average Bonchev–Trinajstić information content (AvgIpc) is 2.47. The molecule has 0 spiro atoms. The molecule has 0 amide bonds. The minimum absolute atomic E-state index is 0.697. The molecule has 2 aromatic rings. The zero-order chi connectivity index (χ0) is 9.42. The van der Waals surface area contributed by atoms with E-state index in [4.69, 9.17) is 4.52 Å². The maximum absolute atomic E-state index is 5.18. The van der Waals surface area contributed by atoms with Crippen LogP contribution in [0.2, 0.25) is 0 Å². The first-order valence-electron chi connectivity index (χ1n) is 3.51. The molecule has 2 nitrogen and oxygen atoms in total. The van der Waals surface area contributed by atoms with E-state index in [1.807, 2.05) is 12.1 Å². The summed E-state index contributed by atoms with van der Waals surface area (Å²) >= 11 is 10.2. The van der Waals surface area contributed by atoms with E-state index in [2.05, 4.69) is 52.9 Å². The third kappa shape index (κ3) is 1.69. The monoisotopic (exact) mass is 367 g/mol. The molecule has 68 valence electrons. The number of halogens is 3. The van der Waals surface area contributed by atoms with Gasteiger partial charge in [0.05, 0.1) is 4.47 Å². The summed E-state index contributed by atoms with van der Waals surface area (Å²) in [5.41, 5.74) is 1.70. The van der Waals surface area contributed by atoms with Crippen molar-refractivity contribution in [2.45, 2.75) is 5.33 Å². The van der Waals surface area contributed by atoms with Gasteiger partial charge in [-0.15, -0.1) is 0 Å². The smallest absolute Gasteiger partial charge is 0.181 e. The van der Waals surface area contributed by atoms with Gasteiger partial charge in [-0.3, -0.25) is 0 Å². The minimum Gasteiger partial charge on any atom is -0.355 e. The first kappa shape index (κ1) is 9.68. The van der Waals surface area contributed by atoms with Crippen molar-refractivity contribution in [3.05, 3.63) is 26.8 Å². The zero-order valence-electron chi connectivity index (χ0n) is 6.35. The zero-order valence-corrected chi connectivity index (χ0v) is 11.1. The van der Waals surface area contributed by atoms with Crippen molar-refractivity contribution in [2.75, 3.05) is 0 Å². The Morgan fingerprint density at radius 2 is 2.08 bits per heavy atom. The predicted molar refractivity (Wildman–Crippen MR) is 62.0 cm³/mol. The first-order chi connectivity index (χ1) is 6.22. The Hall–Kier alpha value is 0.130. The topological polar surface area (TPSA) is 26.0 Å². The van der Waals surface area contributed by atoms with Crippen LogP contribution >= 0.6 is 47.8 Å². The molecule has 0 aliphatic rings. The van der Waals surface area contributed by atoms with Gasteiger partial charge in [-0.05, 0) is 28.1 Å². The van der Waals surface area contributed by atoms with Gasteiger partial charge in [-0.25, -0.2) is 0 Å². The van der Waals surface area contributed by atoms with Gasteiger partial charge in [-0.2, -0.15) is 0 Å². The van der Waals surface area contributed by atoms with Crippen LogP contribution in [0.4, 0.5) is 0 Å². The van der Waals surface area contributed by atoms with Crippen molar-refractivity contribution in [1.82, 2.24) is 5.16 Å². The number of nitrogens with zero attached hydrogens (tertiary/aromatic N) is 1. The Labute approximate surface area is 100 Å². The second-order valence-electron chi connectivity index (χ2n) is 2.53. The van der Waals surface area contributed by atoms with E-state index in [1.165, 1.54) is 0 Å². The fourth-order valence-electron chi connectivity index (χ4n) is 1.11. The molecule has 2 rings (SSSR count). The Balaban J connectivity index is 2.82. The molecule has 0 aliphatic heterocycles. The number of fused-ring (bicyclic) bond motifs is 1. The lowest BCUT2D eigenvalue weighted by atomic mass is 10.2. The van der Waals surface area contributed by atoms with Gasteiger partial charge in [0.15, 0.2) is 5.58 Å². The van der Waals surface area contributed by atoms with Crippen LogP contribution in [-0.4, -0.2) is 5.16 Å². The summed E-state index contributed by atoms with van der Waals surface area (Å²) in [6.07, 6.45) is 0. The molecule has 5 heteroatoms. The van der Waals surface area contributed by atoms with Gasteiger partial charge in [0.1, 0.15) is 5.69 Å². The number of alkyl halides is 1. The van der Waals surface area contributed by atoms with E-state index in [-0.39, 0.29) is 0 Å². The second kappa shape index (κ2) is 3.71. The van der Waals surface area contributed by atoms with Crippen LogP contribution in [0.5, 0.6) is 0 Å². The summed E-state index contributed by atoms with van der Waals surface area (Å²) in [6, 6.07) is 3.93. The summed E-state index contributed by atoms with van der Waals surface area (Å²) in [7, 11) is 0. The average molecular weight is 370 g/mol. The number of aromatic nitrogens is 1. The maximum atomic E-state index is 5.18. The van der Waals surface area contributed by atoms with E-state index in [1.54, 1.807) is 0 Å². The van der Waals surface area contributed by atoms with E-state index in [9.17, 15) is 0 Å². The molecule has 0 fully saturated rings. The highest BCUT2D eigenvalue weighted by Crippen LogP contribution is 2.31. The number of hydrogen-bond donors (Lipinski definition) is 0. The van der Waals surface area contributed by atoms with Crippen molar-refractivity contribution in [2.24, 2.45) is 0 Å². The highest BCUT2D eigenvalue weighted by Gasteiger charge is 2.10. The SMILES string of the molecule is BrCc1noc2c(Br)cc(Br)cc12. The summed E-state index contributed by atoms with van der Waals surface area (Å²) < 4.78 is 7.10. The number of benzene rings is 1. The molecule has 13 heavy (non-hydrogen) atoms. The molecule has 0 unspecified atom stereocenters. The van der Waals surface area contributed by atoms with Gasteiger partial charge in [-0.1, -0.05) is 37.0 Å². The quantitative estimate of drug-likeness (QED) is 0.702. The van der Waals surface area contributed by atoms with Gasteiger partial charge in [0.2, 0.25) is 0 Å². The Morgan fingerprint density at radius 3 is 2.77 bits per heavy atom. The highest BCUT2D eigenvalue weighted by atomic mass is 79.9. The first-order valence-corrected chi connectivity index (χ1v) is 6.22. The normalized spacial score (nSPS) is 11.0. The molecule has 0 radical (unpaired) electrons. The van der Waals surface area contributed by atoms with Crippen molar-refractivity contribution < 1.29 is 4.52 Å². The predicted octanol–water partition coefficient (Wildman–Crippen LogP) is 4.25. The Morgan fingerprint density at radius 1 is 1.31 bits per heavy atom. The molecular weight excluding hydrogens is 366 g/mol. The summed E-state index contributed by atoms with van der Waals surface area (Å²) in [6.45, 7) is 0. The van der Waals surface area contributed by atoms with Crippen LogP contribution in [0.15, 0.2) is 25.6 Å². The minimum atomic E-state index is 0.697. The van der Waals surface area contributed by atoms with Crippen LogP contribution in [0.25, 0.3) is 11.0 Å². The molecule has 0 atom stereocenters. The standard InChI is InChI=1S/C8H4Br3NO/c9-3-7-5-1-4(10)2-6(11)8(5)13-12-7/h1-2H,3H2. The van der Waals surface area contributed by atoms with Crippen molar-refractivity contribution in [3.8, 4) is 0 Å². The van der Waals surface area contributed by atoms with Crippen LogP contribution in [0.1, 0.15) is 5.69 Å². The van der Waals surface area contributed by atoms with Gasteiger partial charge >= 0.3 is 0 Å². The Kier molecular flexibility index (Phi) is 2.76. The maximum Gasteiger partial charge on any atom is 0.181 e. The molecule has 1 aromatic heterocycles. The molecule has 0 aliphatic carbocycles. The van der Waals surface area contributed by atoms with Crippen LogP contribution in [0.3, 0.4) is 0 Å². The lowest BCUT2D eigenvalue weighted by molar-refractivity contribution is 0.448. The number of rotatable bonds is 1. The fourth-order valence-corrected chi connectivity index (χ4v) is 2.82. The van der Waals surface area contributed by atoms with E-state index in [0.717, 1.165) is 25.6 Å². The van der Waals surface area contributed by atoms with E-state index in [0.29, 0.717) is 5.33 Å². The molecule has 0 N–H and O–H groups in total. The van der Waals surface area contributed by atoms with Gasteiger partial charge in [0.25, 0.3) is 0 Å². The molecule has 0 saturated heterocycles. The fraction of sp³-hybridized carbons (Fsp3) is 0.125. The van der Waals surface area contributed by atoms with Crippen LogP contribution in [0, 0.1) is 0 Å². The van der Waals surface area contributed by atoms with Crippen LogP contribution < -0.4 is 0 Å². The van der Waals surface area contributed by atoms with E-state index >= 15 is 0 Å².